The molecule has 0 radical (unpaired) electrons. The van der Waals surface area contributed by atoms with E-state index in [9.17, 15) is 9.59 Å². The normalized spacial score (nSPS) is 28.8. The topological polar surface area (TPSA) is 49.9 Å². The van der Waals surface area contributed by atoms with Crippen LogP contribution in [0.25, 0.3) is 0 Å². The van der Waals surface area contributed by atoms with E-state index < -0.39 is 0 Å². The number of benzene rings is 1. The van der Waals surface area contributed by atoms with E-state index in [0.717, 1.165) is 25.1 Å². The van der Waals surface area contributed by atoms with Gasteiger partial charge in [0.15, 0.2) is 0 Å². The fraction of sp³-hybridized carbons (Fsp3) is 0.619. The van der Waals surface area contributed by atoms with Crippen LogP contribution in [0.15, 0.2) is 24.3 Å². The van der Waals surface area contributed by atoms with Crippen molar-refractivity contribution in [2.45, 2.75) is 51.0 Å². The van der Waals surface area contributed by atoms with Crippen LogP contribution in [0.5, 0.6) is 5.75 Å². The molecule has 140 valence electrons. The molecule has 1 saturated carbocycles. The quantitative estimate of drug-likeness (QED) is 0.835. The summed E-state index contributed by atoms with van der Waals surface area (Å²) < 4.78 is 5.40. The van der Waals surface area contributed by atoms with Crippen LogP contribution >= 0.6 is 0 Å². The van der Waals surface area contributed by atoms with Gasteiger partial charge in [0, 0.05) is 25.6 Å². The van der Waals surface area contributed by atoms with E-state index in [4.69, 9.17) is 4.74 Å². The zero-order valence-electron chi connectivity index (χ0n) is 15.5. The summed E-state index contributed by atoms with van der Waals surface area (Å²) in [6, 6.07) is 7.94. The molecule has 2 saturated heterocycles. The van der Waals surface area contributed by atoms with E-state index in [2.05, 4.69) is 4.90 Å². The van der Waals surface area contributed by atoms with E-state index in [0.29, 0.717) is 30.7 Å². The largest absolute Gasteiger partial charge is 0.495 e. The van der Waals surface area contributed by atoms with Crippen LogP contribution in [0.3, 0.4) is 0 Å². The third-order valence-corrected chi connectivity index (χ3v) is 6.38. The molecule has 2 heterocycles. The molecule has 0 spiro atoms. The van der Waals surface area contributed by atoms with Crippen LogP contribution < -0.4 is 9.64 Å². The Morgan fingerprint density at radius 2 is 1.88 bits per heavy atom. The molecule has 3 fully saturated rings. The number of nitrogens with zero attached hydrogens (tertiary/aromatic N) is 2. The number of rotatable bonds is 3. The van der Waals surface area contributed by atoms with E-state index in [1.165, 1.54) is 25.7 Å². The van der Waals surface area contributed by atoms with Crippen molar-refractivity contribution in [1.29, 1.82) is 0 Å². The Bertz CT molecular complexity index is 688. The number of likely N-dealkylation sites (tertiary alicyclic amines) is 1. The lowest BCUT2D eigenvalue weighted by Gasteiger charge is -2.45. The van der Waals surface area contributed by atoms with Gasteiger partial charge in [0.05, 0.1) is 18.7 Å². The molecule has 0 aromatic heterocycles. The maximum absolute atomic E-state index is 13.2. The number of methoxy groups -OCH3 is 1. The third-order valence-electron chi connectivity index (χ3n) is 6.38. The summed E-state index contributed by atoms with van der Waals surface area (Å²) in [6.07, 6.45) is 7.58. The maximum Gasteiger partial charge on any atom is 0.228 e. The van der Waals surface area contributed by atoms with Crippen LogP contribution in [0.1, 0.15) is 44.9 Å². The predicted octanol–water partition coefficient (Wildman–Crippen LogP) is 3.23. The van der Waals surface area contributed by atoms with Gasteiger partial charge in [0.1, 0.15) is 5.75 Å². The fourth-order valence-electron chi connectivity index (χ4n) is 5.09. The number of fused-ring (bicyclic) bond motifs is 1. The Labute approximate surface area is 155 Å². The summed E-state index contributed by atoms with van der Waals surface area (Å²) in [4.78, 5) is 29.7. The van der Waals surface area contributed by atoms with Gasteiger partial charge in [-0.25, -0.2) is 0 Å². The van der Waals surface area contributed by atoms with Gasteiger partial charge in [0.2, 0.25) is 11.8 Å². The summed E-state index contributed by atoms with van der Waals surface area (Å²) in [6.45, 7) is 1.32. The van der Waals surface area contributed by atoms with Crippen molar-refractivity contribution in [2.75, 3.05) is 25.1 Å². The van der Waals surface area contributed by atoms with Crippen LogP contribution in [-0.4, -0.2) is 43.0 Å². The standard InChI is InChI=1S/C21H28N2O3/c1-26-19-11-5-4-10-18(19)23-14-16(13-20(23)24)21(25)22-12-6-8-15-7-2-3-9-17(15)22/h4-5,10-11,15-17H,2-3,6-9,12-14H2,1H3/t15-,16+,17-/m0/s1. The monoisotopic (exact) mass is 356 g/mol. The van der Waals surface area contributed by atoms with Crippen molar-refractivity contribution < 1.29 is 14.3 Å². The van der Waals surface area contributed by atoms with Crippen molar-refractivity contribution in [3.05, 3.63) is 24.3 Å². The molecule has 5 heteroatoms. The van der Waals surface area contributed by atoms with E-state index >= 15 is 0 Å². The summed E-state index contributed by atoms with van der Waals surface area (Å²) in [7, 11) is 1.61. The van der Waals surface area contributed by atoms with Crippen LogP contribution in [0.2, 0.25) is 0 Å². The third kappa shape index (κ3) is 3.08. The molecule has 0 bridgehead atoms. The van der Waals surface area contributed by atoms with Crippen molar-refractivity contribution >= 4 is 17.5 Å². The van der Waals surface area contributed by atoms with Crippen molar-refractivity contribution in [1.82, 2.24) is 4.90 Å². The zero-order valence-corrected chi connectivity index (χ0v) is 15.5. The molecule has 5 nitrogen and oxygen atoms in total. The van der Waals surface area contributed by atoms with Gasteiger partial charge in [-0.15, -0.1) is 0 Å². The van der Waals surface area contributed by atoms with Crippen molar-refractivity contribution in [3.63, 3.8) is 0 Å². The number of carbonyl (C=O) groups excluding carboxylic acids is 2. The summed E-state index contributed by atoms with van der Waals surface area (Å²) in [5.41, 5.74) is 0.768. The molecule has 4 rings (SSSR count). The van der Waals surface area contributed by atoms with E-state index in [1.54, 1.807) is 12.0 Å². The SMILES string of the molecule is COc1ccccc1N1C[C@H](C(=O)N2CCC[C@@H]3CCCC[C@@H]32)CC1=O. The number of hydrogen-bond donors (Lipinski definition) is 0. The number of para-hydroxylation sites is 2. The predicted molar refractivity (Wildman–Crippen MR) is 100 cm³/mol. The van der Waals surface area contributed by atoms with Crippen LogP contribution in [-0.2, 0) is 9.59 Å². The minimum Gasteiger partial charge on any atom is -0.495 e. The summed E-state index contributed by atoms with van der Waals surface area (Å²) in [5.74, 6) is 1.33. The lowest BCUT2D eigenvalue weighted by molar-refractivity contribution is -0.142. The number of hydrogen-bond acceptors (Lipinski definition) is 3. The Kier molecular flexibility index (Phi) is 4.88. The molecule has 0 N–H and O–H groups in total. The highest BCUT2D eigenvalue weighted by atomic mass is 16.5. The van der Waals surface area contributed by atoms with E-state index in [-0.39, 0.29) is 17.7 Å². The van der Waals surface area contributed by atoms with Crippen LogP contribution in [0, 0.1) is 11.8 Å². The number of anilines is 1. The number of piperidine rings is 1. The molecule has 3 atom stereocenters. The van der Waals surface area contributed by atoms with Gasteiger partial charge in [0.25, 0.3) is 0 Å². The first-order chi connectivity index (χ1) is 12.7. The lowest BCUT2D eigenvalue weighted by atomic mass is 9.78. The lowest BCUT2D eigenvalue weighted by Crippen LogP contribution is -2.51. The molecular formula is C21H28N2O3. The minimum absolute atomic E-state index is 0.0186. The first-order valence-corrected chi connectivity index (χ1v) is 9.93. The molecule has 2 aliphatic heterocycles. The number of ether oxygens (including phenoxy) is 1. The second-order valence-corrected chi connectivity index (χ2v) is 7.86. The molecule has 1 aliphatic carbocycles. The van der Waals surface area contributed by atoms with Gasteiger partial charge < -0.3 is 14.5 Å². The zero-order chi connectivity index (χ0) is 18.1. The Hall–Kier alpha value is -2.04. The van der Waals surface area contributed by atoms with Gasteiger partial charge in [-0.1, -0.05) is 25.0 Å². The van der Waals surface area contributed by atoms with Gasteiger partial charge >= 0.3 is 0 Å². The second-order valence-electron chi connectivity index (χ2n) is 7.86. The molecule has 3 aliphatic rings. The Balaban J connectivity index is 1.50. The van der Waals surface area contributed by atoms with E-state index in [1.807, 2.05) is 24.3 Å². The highest BCUT2D eigenvalue weighted by Gasteiger charge is 2.42. The maximum atomic E-state index is 13.2. The smallest absolute Gasteiger partial charge is 0.228 e. The molecule has 0 unspecified atom stereocenters. The first-order valence-electron chi connectivity index (χ1n) is 9.93. The summed E-state index contributed by atoms with van der Waals surface area (Å²) in [5, 5.41) is 0. The second kappa shape index (κ2) is 7.29. The molecule has 1 aromatic rings. The summed E-state index contributed by atoms with van der Waals surface area (Å²) >= 11 is 0. The highest BCUT2D eigenvalue weighted by molar-refractivity contribution is 6.01. The highest BCUT2D eigenvalue weighted by Crippen LogP contribution is 2.38. The van der Waals surface area contributed by atoms with Crippen molar-refractivity contribution in [3.8, 4) is 5.75 Å². The number of amides is 2. The Morgan fingerprint density at radius 3 is 2.73 bits per heavy atom. The molecular weight excluding hydrogens is 328 g/mol. The Morgan fingerprint density at radius 1 is 1.12 bits per heavy atom. The van der Waals surface area contributed by atoms with Gasteiger partial charge in [-0.3, -0.25) is 9.59 Å². The first kappa shape index (κ1) is 17.4. The molecule has 2 amide bonds. The van der Waals surface area contributed by atoms with Crippen LogP contribution in [0.4, 0.5) is 5.69 Å². The fourth-order valence-corrected chi connectivity index (χ4v) is 5.09. The van der Waals surface area contributed by atoms with Gasteiger partial charge in [-0.2, -0.15) is 0 Å². The average molecular weight is 356 g/mol. The van der Waals surface area contributed by atoms with Crippen molar-refractivity contribution in [2.24, 2.45) is 11.8 Å². The van der Waals surface area contributed by atoms with Gasteiger partial charge in [-0.05, 0) is 43.7 Å². The number of carbonyl (C=O) groups is 2. The average Bonchev–Trinajstić information content (AvgIpc) is 3.08. The minimum atomic E-state index is -0.229. The molecule has 1 aromatic carbocycles. The molecule has 26 heavy (non-hydrogen) atoms.